The minimum absolute atomic E-state index is 0.0694. The van der Waals surface area contributed by atoms with Gasteiger partial charge in [-0.1, -0.05) is 17.7 Å². The third-order valence-corrected chi connectivity index (χ3v) is 3.30. The van der Waals surface area contributed by atoms with E-state index >= 15 is 0 Å². The Labute approximate surface area is 111 Å². The molecule has 1 atom stereocenters. The lowest BCUT2D eigenvalue weighted by molar-refractivity contribution is -0.134. The highest BCUT2D eigenvalue weighted by Crippen LogP contribution is 2.21. The number of aryl methyl sites for hydroxylation is 1. The molecule has 0 saturated carbocycles. The molecular formula is C13H17N3O3. The summed E-state index contributed by atoms with van der Waals surface area (Å²) in [5, 5.41) is 12.6. The van der Waals surface area contributed by atoms with Gasteiger partial charge in [-0.05, 0) is 19.1 Å². The van der Waals surface area contributed by atoms with Gasteiger partial charge in [0.15, 0.2) is 5.60 Å². The predicted molar refractivity (Wildman–Crippen MR) is 70.5 cm³/mol. The Bertz CT molecular complexity index is 500. The van der Waals surface area contributed by atoms with Crippen LogP contribution in [0.4, 0.5) is 10.5 Å². The fourth-order valence-corrected chi connectivity index (χ4v) is 2.01. The molecule has 1 aromatic rings. The standard InChI is InChI=1S/C13H17N3O3/c1-9-2-4-10(5-3-9)15-12(18)16-7-6-13(19,8-16)11(14)17/h2-5,19H,6-8H2,1H3,(H2,14,17)(H,15,18)/t13-/m1/s1. The van der Waals surface area contributed by atoms with Gasteiger partial charge >= 0.3 is 6.03 Å². The molecule has 3 amide bonds. The molecule has 1 saturated heterocycles. The Morgan fingerprint density at radius 3 is 2.53 bits per heavy atom. The lowest BCUT2D eigenvalue weighted by Crippen LogP contribution is -2.47. The molecule has 19 heavy (non-hydrogen) atoms. The molecule has 1 aliphatic heterocycles. The summed E-state index contributed by atoms with van der Waals surface area (Å²) < 4.78 is 0. The average molecular weight is 263 g/mol. The van der Waals surface area contributed by atoms with Crippen molar-refractivity contribution in [2.75, 3.05) is 18.4 Å². The number of primary amides is 1. The largest absolute Gasteiger partial charge is 0.378 e. The van der Waals surface area contributed by atoms with Crippen LogP contribution in [0.15, 0.2) is 24.3 Å². The van der Waals surface area contributed by atoms with E-state index in [4.69, 9.17) is 5.73 Å². The highest BCUT2D eigenvalue weighted by molar-refractivity contribution is 5.91. The zero-order valence-corrected chi connectivity index (χ0v) is 10.7. The number of urea groups is 1. The summed E-state index contributed by atoms with van der Waals surface area (Å²) in [7, 11) is 0. The molecule has 1 aliphatic rings. The smallest absolute Gasteiger partial charge is 0.321 e. The molecule has 0 bridgehead atoms. The number of hydrogen-bond donors (Lipinski definition) is 3. The van der Waals surface area contributed by atoms with E-state index in [9.17, 15) is 14.7 Å². The van der Waals surface area contributed by atoms with E-state index in [-0.39, 0.29) is 19.0 Å². The molecule has 0 unspecified atom stereocenters. The van der Waals surface area contributed by atoms with Crippen molar-refractivity contribution >= 4 is 17.6 Å². The van der Waals surface area contributed by atoms with Crippen LogP contribution in [0.3, 0.4) is 0 Å². The first-order valence-electron chi connectivity index (χ1n) is 6.06. The molecule has 6 nitrogen and oxygen atoms in total. The Kier molecular flexibility index (Phi) is 3.44. The third-order valence-electron chi connectivity index (χ3n) is 3.30. The number of benzene rings is 1. The van der Waals surface area contributed by atoms with Crippen molar-refractivity contribution in [2.24, 2.45) is 5.73 Å². The molecule has 4 N–H and O–H groups in total. The van der Waals surface area contributed by atoms with Crippen molar-refractivity contribution in [2.45, 2.75) is 18.9 Å². The molecule has 0 aromatic heterocycles. The molecule has 6 heteroatoms. The maximum absolute atomic E-state index is 12.0. The molecular weight excluding hydrogens is 246 g/mol. The van der Waals surface area contributed by atoms with E-state index in [0.29, 0.717) is 12.2 Å². The number of hydrogen-bond acceptors (Lipinski definition) is 3. The second kappa shape index (κ2) is 4.89. The van der Waals surface area contributed by atoms with Gasteiger partial charge in [-0.2, -0.15) is 0 Å². The topological polar surface area (TPSA) is 95.7 Å². The molecule has 2 rings (SSSR count). The highest BCUT2D eigenvalue weighted by atomic mass is 16.3. The predicted octanol–water partition coefficient (Wildman–Crippen LogP) is 0.449. The van der Waals surface area contributed by atoms with Gasteiger partial charge in [-0.3, -0.25) is 4.79 Å². The summed E-state index contributed by atoms with van der Waals surface area (Å²) in [6.07, 6.45) is 0.170. The summed E-state index contributed by atoms with van der Waals surface area (Å²) in [6.45, 7) is 2.19. The van der Waals surface area contributed by atoms with Gasteiger partial charge in [-0.25, -0.2) is 4.79 Å². The molecule has 0 spiro atoms. The van der Waals surface area contributed by atoms with E-state index in [0.717, 1.165) is 5.56 Å². The number of β-amino-alcohol motifs (C(OH)–C–C–N with tert-alkyl or cyclic N) is 1. The number of nitrogens with zero attached hydrogens (tertiary/aromatic N) is 1. The second-order valence-corrected chi connectivity index (χ2v) is 4.86. The molecule has 0 radical (unpaired) electrons. The van der Waals surface area contributed by atoms with Gasteiger partial charge in [0.2, 0.25) is 0 Å². The Morgan fingerprint density at radius 1 is 1.37 bits per heavy atom. The fourth-order valence-electron chi connectivity index (χ4n) is 2.01. The van der Waals surface area contributed by atoms with Crippen molar-refractivity contribution in [3.8, 4) is 0 Å². The summed E-state index contributed by atoms with van der Waals surface area (Å²) in [4.78, 5) is 24.4. The van der Waals surface area contributed by atoms with Crippen LogP contribution in [0.5, 0.6) is 0 Å². The van der Waals surface area contributed by atoms with Gasteiger partial charge in [0.25, 0.3) is 5.91 Å². The number of carbonyl (C=O) groups excluding carboxylic acids is 2. The van der Waals surface area contributed by atoms with E-state index < -0.39 is 11.5 Å². The normalized spacial score (nSPS) is 22.3. The molecule has 1 aromatic carbocycles. The third kappa shape index (κ3) is 2.85. The van der Waals surface area contributed by atoms with Gasteiger partial charge < -0.3 is 21.1 Å². The van der Waals surface area contributed by atoms with E-state index in [1.54, 1.807) is 12.1 Å². The van der Waals surface area contributed by atoms with Crippen LogP contribution >= 0.6 is 0 Å². The average Bonchev–Trinajstić information content (AvgIpc) is 2.76. The number of likely N-dealkylation sites (tertiary alicyclic amines) is 1. The number of aliphatic hydroxyl groups is 1. The Morgan fingerprint density at radius 2 is 2.00 bits per heavy atom. The van der Waals surface area contributed by atoms with Gasteiger partial charge in [0.05, 0.1) is 6.54 Å². The number of anilines is 1. The highest BCUT2D eigenvalue weighted by Gasteiger charge is 2.43. The van der Waals surface area contributed by atoms with Crippen LogP contribution < -0.4 is 11.1 Å². The lowest BCUT2D eigenvalue weighted by Gasteiger charge is -2.20. The van der Waals surface area contributed by atoms with Crippen molar-refractivity contribution in [3.05, 3.63) is 29.8 Å². The SMILES string of the molecule is Cc1ccc(NC(=O)N2CC[C@](O)(C(N)=O)C2)cc1. The van der Waals surface area contributed by atoms with Gasteiger partial charge in [0.1, 0.15) is 0 Å². The number of carbonyl (C=O) groups is 2. The number of nitrogens with two attached hydrogens (primary N) is 1. The van der Waals surface area contributed by atoms with Crippen LogP contribution in [0, 0.1) is 6.92 Å². The maximum atomic E-state index is 12.0. The quantitative estimate of drug-likeness (QED) is 0.722. The van der Waals surface area contributed by atoms with E-state index in [1.807, 2.05) is 19.1 Å². The van der Waals surface area contributed by atoms with Crippen LogP contribution in [0.25, 0.3) is 0 Å². The first-order chi connectivity index (χ1) is 8.90. The van der Waals surface area contributed by atoms with Crippen LogP contribution in [-0.2, 0) is 4.79 Å². The van der Waals surface area contributed by atoms with Crippen molar-refractivity contribution < 1.29 is 14.7 Å². The first-order valence-corrected chi connectivity index (χ1v) is 6.06. The first kappa shape index (κ1) is 13.4. The van der Waals surface area contributed by atoms with Crippen molar-refractivity contribution in [1.82, 2.24) is 4.90 Å². The summed E-state index contributed by atoms with van der Waals surface area (Å²) >= 11 is 0. The van der Waals surface area contributed by atoms with Crippen LogP contribution in [0.2, 0.25) is 0 Å². The van der Waals surface area contributed by atoms with Crippen LogP contribution in [-0.4, -0.2) is 40.6 Å². The number of amides is 3. The zero-order valence-electron chi connectivity index (χ0n) is 10.7. The second-order valence-electron chi connectivity index (χ2n) is 4.86. The summed E-state index contributed by atoms with van der Waals surface area (Å²) in [6, 6.07) is 7.02. The van der Waals surface area contributed by atoms with E-state index in [2.05, 4.69) is 5.32 Å². The fraction of sp³-hybridized carbons (Fsp3) is 0.385. The van der Waals surface area contributed by atoms with Crippen molar-refractivity contribution in [3.63, 3.8) is 0 Å². The summed E-state index contributed by atoms with van der Waals surface area (Å²) in [5.74, 6) is -0.793. The Hall–Kier alpha value is -2.08. The van der Waals surface area contributed by atoms with Crippen LogP contribution in [0.1, 0.15) is 12.0 Å². The monoisotopic (exact) mass is 263 g/mol. The van der Waals surface area contributed by atoms with Gasteiger partial charge in [0, 0.05) is 18.7 Å². The molecule has 1 fully saturated rings. The lowest BCUT2D eigenvalue weighted by atomic mass is 10.0. The molecule has 1 heterocycles. The van der Waals surface area contributed by atoms with Crippen molar-refractivity contribution in [1.29, 1.82) is 0 Å². The van der Waals surface area contributed by atoms with E-state index in [1.165, 1.54) is 4.90 Å². The van der Waals surface area contributed by atoms with Gasteiger partial charge in [-0.15, -0.1) is 0 Å². The molecule has 102 valence electrons. The molecule has 0 aliphatic carbocycles. The maximum Gasteiger partial charge on any atom is 0.321 e. The zero-order chi connectivity index (χ0) is 14.0. The minimum atomic E-state index is -1.61. The Balaban J connectivity index is 1.98. The number of rotatable bonds is 2. The minimum Gasteiger partial charge on any atom is -0.378 e. The number of nitrogens with one attached hydrogen (secondary N) is 1. The summed E-state index contributed by atoms with van der Waals surface area (Å²) in [5.41, 5.74) is 5.28.